The van der Waals surface area contributed by atoms with Crippen molar-refractivity contribution in [1.29, 1.82) is 0 Å². The maximum absolute atomic E-state index is 13.3. The van der Waals surface area contributed by atoms with E-state index in [0.717, 1.165) is 22.3 Å². The zero-order valence-corrected chi connectivity index (χ0v) is 18.2. The van der Waals surface area contributed by atoms with Gasteiger partial charge >= 0.3 is 5.97 Å². The maximum Gasteiger partial charge on any atom is 0.317 e. The van der Waals surface area contributed by atoms with Crippen LogP contribution in [0.25, 0.3) is 0 Å². The number of carbonyl (C=O) groups is 3. The summed E-state index contributed by atoms with van der Waals surface area (Å²) in [7, 11) is 0. The minimum atomic E-state index is -0.842. The number of likely N-dealkylation sites (tertiary alicyclic amines) is 1. The van der Waals surface area contributed by atoms with Gasteiger partial charge in [-0.1, -0.05) is 36.4 Å². The Kier molecular flexibility index (Phi) is 6.40. The van der Waals surface area contributed by atoms with E-state index in [9.17, 15) is 14.4 Å². The van der Waals surface area contributed by atoms with E-state index in [0.29, 0.717) is 31.5 Å². The number of hydrogen-bond donors (Lipinski definition) is 0. The largest absolute Gasteiger partial charge is 0.457 e. The van der Waals surface area contributed by atoms with Crippen LogP contribution in [-0.4, -0.2) is 42.3 Å². The summed E-state index contributed by atoms with van der Waals surface area (Å²) >= 11 is 0. The molecule has 0 N–H and O–H groups in total. The van der Waals surface area contributed by atoms with Gasteiger partial charge in [0.05, 0.1) is 5.41 Å². The molecule has 30 heavy (non-hydrogen) atoms. The van der Waals surface area contributed by atoms with Crippen LogP contribution in [0.2, 0.25) is 0 Å². The maximum atomic E-state index is 13.3. The van der Waals surface area contributed by atoms with Crippen LogP contribution >= 0.6 is 0 Å². The van der Waals surface area contributed by atoms with E-state index in [1.54, 1.807) is 11.8 Å². The number of nitrogens with zero attached hydrogens (tertiary/aromatic N) is 1. The van der Waals surface area contributed by atoms with Crippen LogP contribution in [0.1, 0.15) is 52.4 Å². The summed E-state index contributed by atoms with van der Waals surface area (Å²) in [4.78, 5) is 39.5. The van der Waals surface area contributed by atoms with Gasteiger partial charge in [0.25, 0.3) is 0 Å². The first-order valence-electron chi connectivity index (χ1n) is 10.3. The molecule has 5 nitrogen and oxygen atoms in total. The van der Waals surface area contributed by atoms with Crippen molar-refractivity contribution in [3.8, 4) is 0 Å². The summed E-state index contributed by atoms with van der Waals surface area (Å²) in [6, 6.07) is 13.4. The topological polar surface area (TPSA) is 63.7 Å². The number of esters is 1. The molecule has 0 bridgehead atoms. The molecule has 5 heteroatoms. The first-order valence-corrected chi connectivity index (χ1v) is 10.3. The number of ether oxygens (including phenoxy) is 1. The predicted octanol–water partition coefficient (Wildman–Crippen LogP) is 3.92. The van der Waals surface area contributed by atoms with Crippen molar-refractivity contribution in [2.75, 3.05) is 19.7 Å². The zero-order chi connectivity index (χ0) is 21.9. The van der Waals surface area contributed by atoms with Crippen LogP contribution in [0.4, 0.5) is 0 Å². The SMILES string of the molecule is CC(=O)N1CCC(C(=O)OCC(=O)c2cc(C)c(C)cc2C)(c2ccccc2)CC1. The molecule has 3 rings (SSSR count). The molecule has 0 atom stereocenters. The average molecular weight is 408 g/mol. The molecular formula is C25H29NO4. The highest BCUT2D eigenvalue weighted by molar-refractivity contribution is 6.00. The highest BCUT2D eigenvalue weighted by atomic mass is 16.5. The Morgan fingerprint density at radius 2 is 1.53 bits per heavy atom. The standard InChI is InChI=1S/C25H29NO4/c1-17-14-19(3)22(15-18(17)2)23(28)16-30-24(29)25(21-8-6-5-7-9-21)10-12-26(13-11-25)20(4)27/h5-9,14-15H,10-13,16H2,1-4H3. The highest BCUT2D eigenvalue weighted by Crippen LogP contribution is 2.37. The lowest BCUT2D eigenvalue weighted by Crippen LogP contribution is -2.49. The van der Waals surface area contributed by atoms with E-state index < -0.39 is 11.4 Å². The number of carbonyl (C=O) groups excluding carboxylic acids is 3. The molecule has 0 radical (unpaired) electrons. The van der Waals surface area contributed by atoms with Crippen LogP contribution < -0.4 is 0 Å². The fraction of sp³-hybridized carbons (Fsp3) is 0.400. The van der Waals surface area contributed by atoms with Crippen molar-refractivity contribution in [3.63, 3.8) is 0 Å². The second-order valence-electron chi connectivity index (χ2n) is 8.20. The summed E-state index contributed by atoms with van der Waals surface area (Å²) in [6.07, 6.45) is 0.957. The smallest absolute Gasteiger partial charge is 0.317 e. The molecule has 2 aromatic carbocycles. The lowest BCUT2D eigenvalue weighted by Gasteiger charge is -2.40. The van der Waals surface area contributed by atoms with E-state index in [-0.39, 0.29) is 18.3 Å². The Hall–Kier alpha value is -2.95. The number of piperidine rings is 1. The van der Waals surface area contributed by atoms with E-state index in [2.05, 4.69) is 0 Å². The third-order valence-corrected chi connectivity index (χ3v) is 6.25. The first kappa shape index (κ1) is 21.8. The van der Waals surface area contributed by atoms with Crippen LogP contribution in [0.15, 0.2) is 42.5 Å². The Labute approximate surface area is 178 Å². The number of Topliss-reactive ketones (excluding diaryl/α,β-unsaturated/α-hetero) is 1. The number of aryl methyl sites for hydroxylation is 3. The second-order valence-corrected chi connectivity index (χ2v) is 8.20. The number of ketones is 1. The van der Waals surface area contributed by atoms with Crippen molar-refractivity contribution in [2.24, 2.45) is 0 Å². The van der Waals surface area contributed by atoms with Gasteiger partial charge in [0.1, 0.15) is 0 Å². The highest BCUT2D eigenvalue weighted by Gasteiger charge is 2.44. The quantitative estimate of drug-likeness (QED) is 0.557. The van der Waals surface area contributed by atoms with Crippen LogP contribution in [-0.2, 0) is 19.7 Å². The molecule has 2 aromatic rings. The van der Waals surface area contributed by atoms with E-state index >= 15 is 0 Å². The summed E-state index contributed by atoms with van der Waals surface area (Å²) in [5.74, 6) is -0.592. The molecule has 0 aromatic heterocycles. The summed E-state index contributed by atoms with van der Waals surface area (Å²) in [5.41, 5.74) is 3.66. The molecule has 0 saturated carbocycles. The minimum Gasteiger partial charge on any atom is -0.457 e. The van der Waals surface area contributed by atoms with Gasteiger partial charge in [0, 0.05) is 25.6 Å². The fourth-order valence-electron chi connectivity index (χ4n) is 4.18. The van der Waals surface area contributed by atoms with Crippen molar-refractivity contribution in [3.05, 3.63) is 70.3 Å². The zero-order valence-electron chi connectivity index (χ0n) is 18.2. The molecule has 1 amide bonds. The molecule has 0 unspecified atom stereocenters. The van der Waals surface area contributed by atoms with Gasteiger partial charge in [-0.3, -0.25) is 14.4 Å². The molecular weight excluding hydrogens is 378 g/mol. The number of amides is 1. The van der Waals surface area contributed by atoms with Crippen LogP contribution in [0.5, 0.6) is 0 Å². The predicted molar refractivity (Wildman–Crippen MR) is 116 cm³/mol. The van der Waals surface area contributed by atoms with Gasteiger partial charge in [0.15, 0.2) is 6.61 Å². The van der Waals surface area contributed by atoms with Gasteiger partial charge in [-0.05, 0) is 61.9 Å². The second kappa shape index (κ2) is 8.82. The van der Waals surface area contributed by atoms with Crippen molar-refractivity contribution in [1.82, 2.24) is 4.90 Å². The lowest BCUT2D eigenvalue weighted by molar-refractivity contribution is -0.153. The minimum absolute atomic E-state index is 0.00502. The number of benzene rings is 2. The third kappa shape index (κ3) is 4.30. The average Bonchev–Trinajstić information content (AvgIpc) is 2.74. The van der Waals surface area contributed by atoms with E-state index in [1.165, 1.54) is 0 Å². The molecule has 158 valence electrons. The third-order valence-electron chi connectivity index (χ3n) is 6.25. The van der Waals surface area contributed by atoms with Gasteiger partial charge in [-0.2, -0.15) is 0 Å². The van der Waals surface area contributed by atoms with Gasteiger partial charge in [0.2, 0.25) is 11.7 Å². The molecule has 0 spiro atoms. The van der Waals surface area contributed by atoms with Crippen molar-refractivity contribution in [2.45, 2.75) is 46.0 Å². The summed E-state index contributed by atoms with van der Waals surface area (Å²) in [5, 5.41) is 0. The lowest BCUT2D eigenvalue weighted by atomic mass is 9.72. The molecule has 1 saturated heterocycles. The number of hydrogen-bond acceptors (Lipinski definition) is 4. The van der Waals surface area contributed by atoms with Crippen molar-refractivity contribution >= 4 is 17.7 Å². The molecule has 1 heterocycles. The van der Waals surface area contributed by atoms with Crippen LogP contribution in [0, 0.1) is 20.8 Å². The first-order chi connectivity index (χ1) is 14.2. The summed E-state index contributed by atoms with van der Waals surface area (Å²) < 4.78 is 5.58. The van der Waals surface area contributed by atoms with Gasteiger partial charge in [-0.15, -0.1) is 0 Å². The Balaban J connectivity index is 1.79. The summed E-state index contributed by atoms with van der Waals surface area (Å²) in [6.45, 7) is 8.10. The van der Waals surface area contributed by atoms with Gasteiger partial charge < -0.3 is 9.64 Å². The Morgan fingerprint density at radius 3 is 2.13 bits per heavy atom. The van der Waals surface area contributed by atoms with Crippen LogP contribution in [0.3, 0.4) is 0 Å². The van der Waals surface area contributed by atoms with Crippen molar-refractivity contribution < 1.29 is 19.1 Å². The van der Waals surface area contributed by atoms with E-state index in [1.807, 2.05) is 63.2 Å². The van der Waals surface area contributed by atoms with Gasteiger partial charge in [-0.25, -0.2) is 0 Å². The molecule has 1 fully saturated rings. The fourth-order valence-corrected chi connectivity index (χ4v) is 4.18. The number of rotatable bonds is 5. The monoisotopic (exact) mass is 407 g/mol. The van der Waals surface area contributed by atoms with E-state index in [4.69, 9.17) is 4.74 Å². The normalized spacial score (nSPS) is 15.5. The Morgan fingerprint density at radius 1 is 0.933 bits per heavy atom. The molecule has 1 aliphatic rings. The molecule has 0 aliphatic carbocycles. The molecule has 1 aliphatic heterocycles. The Bertz CT molecular complexity index is 957.